The molecule has 1 fully saturated rings. The van der Waals surface area contributed by atoms with Crippen molar-refractivity contribution in [1.29, 1.82) is 0 Å². The van der Waals surface area contributed by atoms with Crippen molar-refractivity contribution in [3.8, 4) is 0 Å². The molecule has 1 aliphatic heterocycles. The Bertz CT molecular complexity index is 196. The van der Waals surface area contributed by atoms with Crippen LogP contribution in [0.3, 0.4) is 0 Å². The van der Waals surface area contributed by atoms with Gasteiger partial charge in [-0.15, -0.1) is 0 Å². The lowest BCUT2D eigenvalue weighted by molar-refractivity contribution is -0.0287. The summed E-state index contributed by atoms with van der Waals surface area (Å²) in [7, 11) is 0. The van der Waals surface area contributed by atoms with E-state index >= 15 is 0 Å². The molecule has 3 N–H and O–H groups in total. The van der Waals surface area contributed by atoms with Crippen molar-refractivity contribution in [1.82, 2.24) is 4.90 Å². The van der Waals surface area contributed by atoms with Gasteiger partial charge in [0.05, 0.1) is 6.10 Å². The fourth-order valence-electron chi connectivity index (χ4n) is 2.17. The van der Waals surface area contributed by atoms with E-state index in [1.165, 1.54) is 0 Å². The summed E-state index contributed by atoms with van der Waals surface area (Å²) < 4.78 is 0. The SMILES string of the molecule is CC(C)(N)CN1CCC(O)C(C)(C)C1. The molecule has 0 aliphatic carbocycles. The van der Waals surface area contributed by atoms with E-state index < -0.39 is 0 Å². The third kappa shape index (κ3) is 3.23. The Morgan fingerprint density at radius 3 is 2.50 bits per heavy atom. The number of hydrogen-bond donors (Lipinski definition) is 2. The lowest BCUT2D eigenvalue weighted by Gasteiger charge is -2.43. The molecule has 1 rings (SSSR count). The zero-order valence-corrected chi connectivity index (χ0v) is 9.88. The number of nitrogens with two attached hydrogens (primary N) is 1. The van der Waals surface area contributed by atoms with Crippen LogP contribution in [0.5, 0.6) is 0 Å². The Morgan fingerprint density at radius 2 is 2.07 bits per heavy atom. The molecule has 14 heavy (non-hydrogen) atoms. The van der Waals surface area contributed by atoms with Crippen LogP contribution < -0.4 is 5.73 Å². The average Bonchev–Trinajstić information content (AvgIpc) is 1.93. The van der Waals surface area contributed by atoms with E-state index in [0.29, 0.717) is 0 Å². The van der Waals surface area contributed by atoms with Crippen molar-refractivity contribution in [3.05, 3.63) is 0 Å². The summed E-state index contributed by atoms with van der Waals surface area (Å²) in [5.74, 6) is 0. The standard InChI is InChI=1S/C11H24N2O/c1-10(2)7-13(6-5-9(10)14)8-11(3,4)12/h9,14H,5-8,12H2,1-4H3. The van der Waals surface area contributed by atoms with Gasteiger partial charge in [-0.05, 0) is 20.3 Å². The summed E-state index contributed by atoms with van der Waals surface area (Å²) in [6.07, 6.45) is 0.697. The van der Waals surface area contributed by atoms with E-state index in [9.17, 15) is 5.11 Å². The zero-order valence-electron chi connectivity index (χ0n) is 9.88. The quantitative estimate of drug-likeness (QED) is 0.694. The molecular weight excluding hydrogens is 176 g/mol. The van der Waals surface area contributed by atoms with Gasteiger partial charge in [-0.1, -0.05) is 13.8 Å². The summed E-state index contributed by atoms with van der Waals surface area (Å²) >= 11 is 0. The summed E-state index contributed by atoms with van der Waals surface area (Å²) in [5.41, 5.74) is 5.85. The molecule has 0 aromatic rings. The van der Waals surface area contributed by atoms with Gasteiger partial charge in [0, 0.05) is 30.6 Å². The molecule has 1 unspecified atom stereocenters. The zero-order chi connectivity index (χ0) is 11.0. The molecule has 0 aromatic carbocycles. The Kier molecular flexibility index (Phi) is 3.24. The van der Waals surface area contributed by atoms with Gasteiger partial charge in [0.2, 0.25) is 0 Å². The number of nitrogens with zero attached hydrogens (tertiary/aromatic N) is 1. The maximum absolute atomic E-state index is 9.80. The van der Waals surface area contributed by atoms with E-state index in [4.69, 9.17) is 5.73 Å². The highest BCUT2D eigenvalue weighted by atomic mass is 16.3. The molecule has 3 heteroatoms. The number of aliphatic hydroxyl groups excluding tert-OH is 1. The number of rotatable bonds is 2. The second-order valence-corrected chi connectivity index (χ2v) is 5.99. The minimum absolute atomic E-state index is 0.00347. The first-order valence-electron chi connectivity index (χ1n) is 5.40. The molecule has 0 saturated carbocycles. The van der Waals surface area contributed by atoms with Gasteiger partial charge in [0.25, 0.3) is 0 Å². The Balaban J connectivity index is 2.52. The Labute approximate surface area is 87.3 Å². The predicted molar refractivity (Wildman–Crippen MR) is 59.1 cm³/mol. The van der Waals surface area contributed by atoms with Crippen molar-refractivity contribution in [2.24, 2.45) is 11.1 Å². The molecule has 84 valence electrons. The van der Waals surface area contributed by atoms with Crippen molar-refractivity contribution in [2.75, 3.05) is 19.6 Å². The molecule has 1 heterocycles. The first-order chi connectivity index (χ1) is 6.21. The van der Waals surface area contributed by atoms with Crippen LogP contribution in [0.15, 0.2) is 0 Å². The predicted octanol–water partition coefficient (Wildman–Crippen LogP) is 0.816. The maximum Gasteiger partial charge on any atom is 0.0615 e. The molecule has 1 saturated heterocycles. The highest BCUT2D eigenvalue weighted by Crippen LogP contribution is 2.29. The van der Waals surface area contributed by atoms with Crippen molar-refractivity contribution in [3.63, 3.8) is 0 Å². The normalized spacial score (nSPS) is 29.1. The number of aliphatic hydroxyl groups is 1. The molecule has 1 aliphatic rings. The van der Waals surface area contributed by atoms with E-state index in [1.807, 2.05) is 13.8 Å². The minimum Gasteiger partial charge on any atom is -0.392 e. The van der Waals surface area contributed by atoms with Crippen molar-refractivity contribution in [2.45, 2.75) is 45.8 Å². The molecule has 3 nitrogen and oxygen atoms in total. The average molecular weight is 200 g/mol. The van der Waals surface area contributed by atoms with Gasteiger partial charge in [0.1, 0.15) is 0 Å². The van der Waals surface area contributed by atoms with Crippen LogP contribution in [-0.4, -0.2) is 41.3 Å². The summed E-state index contributed by atoms with van der Waals surface area (Å²) in [6.45, 7) is 11.1. The highest BCUT2D eigenvalue weighted by Gasteiger charge is 2.35. The van der Waals surface area contributed by atoms with E-state index in [-0.39, 0.29) is 17.1 Å². The van der Waals surface area contributed by atoms with E-state index in [0.717, 1.165) is 26.1 Å². The molecule has 0 bridgehead atoms. The van der Waals surface area contributed by atoms with Gasteiger partial charge in [-0.25, -0.2) is 0 Å². The summed E-state index contributed by atoms with van der Waals surface area (Å²) in [5, 5.41) is 9.80. The first kappa shape index (κ1) is 12.0. The van der Waals surface area contributed by atoms with Crippen molar-refractivity contribution < 1.29 is 5.11 Å². The number of hydrogen-bond acceptors (Lipinski definition) is 3. The van der Waals surface area contributed by atoms with Gasteiger partial charge in [-0.2, -0.15) is 0 Å². The molecular formula is C11H24N2O. The highest BCUT2D eigenvalue weighted by molar-refractivity contribution is 4.89. The van der Waals surface area contributed by atoms with Gasteiger partial charge in [-0.3, -0.25) is 0 Å². The number of piperidine rings is 1. The fourth-order valence-corrected chi connectivity index (χ4v) is 2.17. The second kappa shape index (κ2) is 3.80. The lowest BCUT2D eigenvalue weighted by atomic mass is 9.81. The Hall–Kier alpha value is -0.120. The van der Waals surface area contributed by atoms with Crippen LogP contribution >= 0.6 is 0 Å². The number of likely N-dealkylation sites (tertiary alicyclic amines) is 1. The molecule has 0 spiro atoms. The van der Waals surface area contributed by atoms with Crippen LogP contribution in [0.1, 0.15) is 34.1 Å². The maximum atomic E-state index is 9.80. The largest absolute Gasteiger partial charge is 0.392 e. The van der Waals surface area contributed by atoms with Gasteiger partial charge < -0.3 is 15.7 Å². The van der Waals surface area contributed by atoms with E-state index in [2.05, 4.69) is 18.7 Å². The van der Waals surface area contributed by atoms with Crippen LogP contribution in [0.25, 0.3) is 0 Å². The topological polar surface area (TPSA) is 49.5 Å². The second-order valence-electron chi connectivity index (χ2n) is 5.99. The van der Waals surface area contributed by atoms with E-state index in [1.54, 1.807) is 0 Å². The molecule has 0 radical (unpaired) electrons. The molecule has 1 atom stereocenters. The molecule has 0 aromatic heterocycles. The van der Waals surface area contributed by atoms with Gasteiger partial charge in [0.15, 0.2) is 0 Å². The van der Waals surface area contributed by atoms with Gasteiger partial charge >= 0.3 is 0 Å². The van der Waals surface area contributed by atoms with Crippen LogP contribution in [0.4, 0.5) is 0 Å². The summed E-state index contributed by atoms with van der Waals surface area (Å²) in [6, 6.07) is 0. The van der Waals surface area contributed by atoms with Crippen LogP contribution in [0, 0.1) is 5.41 Å². The third-order valence-corrected chi connectivity index (χ3v) is 2.88. The fraction of sp³-hybridized carbons (Fsp3) is 1.00. The first-order valence-corrected chi connectivity index (χ1v) is 5.40. The minimum atomic E-state index is -0.167. The smallest absolute Gasteiger partial charge is 0.0615 e. The monoisotopic (exact) mass is 200 g/mol. The summed E-state index contributed by atoms with van der Waals surface area (Å²) in [4.78, 5) is 2.35. The third-order valence-electron chi connectivity index (χ3n) is 2.88. The molecule has 0 amide bonds. The lowest BCUT2D eigenvalue weighted by Crippen LogP contribution is -2.54. The van der Waals surface area contributed by atoms with Crippen LogP contribution in [-0.2, 0) is 0 Å². The van der Waals surface area contributed by atoms with Crippen LogP contribution in [0.2, 0.25) is 0 Å². The Morgan fingerprint density at radius 1 is 1.50 bits per heavy atom. The van der Waals surface area contributed by atoms with Crippen molar-refractivity contribution >= 4 is 0 Å².